The summed E-state index contributed by atoms with van der Waals surface area (Å²) in [5, 5.41) is 2.68. The van der Waals surface area contributed by atoms with E-state index in [1.807, 2.05) is 0 Å². The first-order valence-electron chi connectivity index (χ1n) is 10.9. The maximum absolute atomic E-state index is 5.46. The zero-order chi connectivity index (χ0) is 18.9. The molecule has 2 heteroatoms. The van der Waals surface area contributed by atoms with E-state index in [-0.39, 0.29) is 0 Å². The molecule has 0 aliphatic heterocycles. The van der Waals surface area contributed by atoms with Gasteiger partial charge in [0.15, 0.2) is 0 Å². The van der Waals surface area contributed by atoms with Gasteiger partial charge in [-0.1, -0.05) is 82.9 Å². The molecule has 0 radical (unpaired) electrons. The summed E-state index contributed by atoms with van der Waals surface area (Å²) in [6.45, 7) is 3.38. The Morgan fingerprint density at radius 2 is 1.33 bits per heavy atom. The van der Waals surface area contributed by atoms with Crippen molar-refractivity contribution in [1.29, 1.82) is 0 Å². The van der Waals surface area contributed by atoms with Crippen molar-refractivity contribution < 1.29 is 4.74 Å². The van der Waals surface area contributed by atoms with Gasteiger partial charge in [-0.25, -0.2) is 0 Å². The Morgan fingerprint density at radius 1 is 0.704 bits per heavy atom. The van der Waals surface area contributed by atoms with Crippen molar-refractivity contribution in [2.45, 2.75) is 77.7 Å². The molecule has 0 amide bonds. The molecule has 1 heterocycles. The van der Waals surface area contributed by atoms with Crippen molar-refractivity contribution in [3.05, 3.63) is 42.5 Å². The van der Waals surface area contributed by atoms with Crippen LogP contribution in [-0.4, -0.2) is 11.7 Å². The largest absolute Gasteiger partial charge is 0.497 e. The highest BCUT2D eigenvalue weighted by molar-refractivity contribution is 6.08. The van der Waals surface area contributed by atoms with Crippen LogP contribution in [0.5, 0.6) is 5.75 Å². The van der Waals surface area contributed by atoms with Crippen LogP contribution < -0.4 is 4.74 Å². The minimum Gasteiger partial charge on any atom is -0.497 e. The average molecular weight is 366 g/mol. The van der Waals surface area contributed by atoms with Gasteiger partial charge in [0.05, 0.1) is 12.6 Å². The third kappa shape index (κ3) is 5.06. The van der Waals surface area contributed by atoms with E-state index in [1.54, 1.807) is 7.11 Å². The Balaban J connectivity index is 1.55. The maximum Gasteiger partial charge on any atom is 0.120 e. The highest BCUT2D eigenvalue weighted by Crippen LogP contribution is 2.31. The van der Waals surface area contributed by atoms with Crippen LogP contribution in [0.3, 0.4) is 0 Å². The molecule has 146 valence electrons. The van der Waals surface area contributed by atoms with Crippen LogP contribution >= 0.6 is 0 Å². The number of aromatic nitrogens is 1. The Hall–Kier alpha value is -1.96. The summed E-state index contributed by atoms with van der Waals surface area (Å²) in [6, 6.07) is 15.2. The van der Waals surface area contributed by atoms with Gasteiger partial charge in [0, 0.05) is 28.9 Å². The lowest BCUT2D eigenvalue weighted by Gasteiger charge is -2.08. The second-order valence-corrected chi connectivity index (χ2v) is 7.73. The van der Waals surface area contributed by atoms with Crippen molar-refractivity contribution in [2.24, 2.45) is 0 Å². The summed E-state index contributed by atoms with van der Waals surface area (Å²) >= 11 is 0. The molecule has 0 unspecified atom stereocenters. The molecule has 3 aromatic rings. The molecule has 2 aromatic carbocycles. The van der Waals surface area contributed by atoms with Crippen LogP contribution in [0.15, 0.2) is 42.5 Å². The fourth-order valence-electron chi connectivity index (χ4n) is 4.15. The molecule has 0 saturated heterocycles. The number of hydrogen-bond acceptors (Lipinski definition) is 1. The molecule has 27 heavy (non-hydrogen) atoms. The SMILES string of the molecule is CCCCCCCCCCCCn1c2ccccc2c2ccc(OC)cc21. The molecule has 0 aliphatic rings. The van der Waals surface area contributed by atoms with Gasteiger partial charge in [0.2, 0.25) is 0 Å². The van der Waals surface area contributed by atoms with Gasteiger partial charge in [0.25, 0.3) is 0 Å². The number of fused-ring (bicyclic) bond motifs is 3. The van der Waals surface area contributed by atoms with Gasteiger partial charge in [-0.2, -0.15) is 0 Å². The molecule has 2 nitrogen and oxygen atoms in total. The number of hydrogen-bond donors (Lipinski definition) is 0. The Morgan fingerprint density at radius 3 is 2.04 bits per heavy atom. The maximum atomic E-state index is 5.46. The minimum absolute atomic E-state index is 0.939. The second-order valence-electron chi connectivity index (χ2n) is 7.73. The molecule has 0 fully saturated rings. The summed E-state index contributed by atoms with van der Waals surface area (Å²) in [4.78, 5) is 0. The van der Waals surface area contributed by atoms with E-state index in [0.29, 0.717) is 0 Å². The third-order valence-corrected chi connectivity index (χ3v) is 5.72. The second kappa shape index (κ2) is 10.4. The first-order valence-corrected chi connectivity index (χ1v) is 10.9. The molecule has 1 aromatic heterocycles. The van der Waals surface area contributed by atoms with Gasteiger partial charge in [0.1, 0.15) is 5.75 Å². The standard InChI is InChI=1S/C25H35NO/c1-3-4-5-6-7-8-9-10-11-14-19-26-24-16-13-12-15-22(24)23-18-17-21(27-2)20-25(23)26/h12-13,15-18,20H,3-11,14,19H2,1-2H3. The molecule has 0 saturated carbocycles. The van der Waals surface area contributed by atoms with E-state index in [4.69, 9.17) is 4.74 Å². The smallest absolute Gasteiger partial charge is 0.120 e. The summed E-state index contributed by atoms with van der Waals surface area (Å²) in [7, 11) is 1.75. The van der Waals surface area contributed by atoms with Crippen LogP contribution in [0, 0.1) is 0 Å². The van der Waals surface area contributed by atoms with Gasteiger partial charge < -0.3 is 9.30 Å². The minimum atomic E-state index is 0.939. The van der Waals surface area contributed by atoms with Crippen molar-refractivity contribution in [3.8, 4) is 5.75 Å². The van der Waals surface area contributed by atoms with Crippen LogP contribution in [0.2, 0.25) is 0 Å². The molecule has 0 aliphatic carbocycles. The quantitative estimate of drug-likeness (QED) is 0.300. The van der Waals surface area contributed by atoms with Crippen LogP contribution in [0.25, 0.3) is 21.8 Å². The summed E-state index contributed by atoms with van der Waals surface area (Å²) in [5.41, 5.74) is 2.64. The number of ether oxygens (including phenoxy) is 1. The Kier molecular flexibility index (Phi) is 7.62. The summed E-state index contributed by atoms with van der Waals surface area (Å²) < 4.78 is 7.95. The number of para-hydroxylation sites is 1. The van der Waals surface area contributed by atoms with Gasteiger partial charge in [-0.05, 0) is 24.6 Å². The molecule has 0 atom stereocenters. The van der Waals surface area contributed by atoms with E-state index in [1.165, 1.54) is 86.0 Å². The molecule has 3 rings (SSSR count). The first-order chi connectivity index (χ1) is 13.3. The number of rotatable bonds is 12. The van der Waals surface area contributed by atoms with Crippen molar-refractivity contribution >= 4 is 21.8 Å². The van der Waals surface area contributed by atoms with Crippen molar-refractivity contribution in [2.75, 3.05) is 7.11 Å². The summed E-state index contributed by atoms with van der Waals surface area (Å²) in [6.07, 6.45) is 13.8. The van der Waals surface area contributed by atoms with E-state index < -0.39 is 0 Å². The number of nitrogens with zero attached hydrogens (tertiary/aromatic N) is 1. The molecule has 0 bridgehead atoms. The zero-order valence-electron chi connectivity index (χ0n) is 17.2. The molecule has 0 N–H and O–H groups in total. The van der Waals surface area contributed by atoms with E-state index in [9.17, 15) is 0 Å². The van der Waals surface area contributed by atoms with Crippen LogP contribution in [0.4, 0.5) is 0 Å². The van der Waals surface area contributed by atoms with Crippen molar-refractivity contribution in [3.63, 3.8) is 0 Å². The lowest BCUT2D eigenvalue weighted by molar-refractivity contribution is 0.415. The highest BCUT2D eigenvalue weighted by atomic mass is 16.5. The number of aryl methyl sites for hydroxylation is 1. The van der Waals surface area contributed by atoms with E-state index in [2.05, 4.69) is 54.0 Å². The number of benzene rings is 2. The zero-order valence-corrected chi connectivity index (χ0v) is 17.2. The average Bonchev–Trinajstić information content (AvgIpc) is 3.02. The lowest BCUT2D eigenvalue weighted by atomic mass is 10.1. The number of methoxy groups -OCH3 is 1. The highest BCUT2D eigenvalue weighted by Gasteiger charge is 2.10. The van der Waals surface area contributed by atoms with Gasteiger partial charge >= 0.3 is 0 Å². The normalized spacial score (nSPS) is 11.5. The van der Waals surface area contributed by atoms with Gasteiger partial charge in [-0.3, -0.25) is 0 Å². The van der Waals surface area contributed by atoms with Crippen LogP contribution in [-0.2, 0) is 6.54 Å². The van der Waals surface area contributed by atoms with Crippen molar-refractivity contribution in [1.82, 2.24) is 4.57 Å². The summed E-state index contributed by atoms with van der Waals surface area (Å²) in [5.74, 6) is 0.939. The lowest BCUT2D eigenvalue weighted by Crippen LogP contribution is -1.98. The molecule has 0 spiro atoms. The molecular formula is C25H35NO. The number of unbranched alkanes of at least 4 members (excludes halogenated alkanes) is 9. The molecular weight excluding hydrogens is 330 g/mol. The van der Waals surface area contributed by atoms with E-state index >= 15 is 0 Å². The fraction of sp³-hybridized carbons (Fsp3) is 0.520. The first kappa shape index (κ1) is 19.8. The van der Waals surface area contributed by atoms with Gasteiger partial charge in [-0.15, -0.1) is 0 Å². The predicted octanol–water partition coefficient (Wildman–Crippen LogP) is 7.72. The monoisotopic (exact) mass is 365 g/mol. The predicted molar refractivity (Wildman–Crippen MR) is 118 cm³/mol. The Labute approximate surface area is 164 Å². The fourth-order valence-corrected chi connectivity index (χ4v) is 4.15. The third-order valence-electron chi connectivity index (χ3n) is 5.72. The van der Waals surface area contributed by atoms with Crippen LogP contribution in [0.1, 0.15) is 71.1 Å². The van der Waals surface area contributed by atoms with E-state index in [0.717, 1.165) is 12.3 Å². The topological polar surface area (TPSA) is 14.2 Å². The Bertz CT molecular complexity index is 833.